The minimum atomic E-state index is -0.525. The smallest absolute Gasteiger partial charge is 0.261 e. The van der Waals surface area contributed by atoms with Gasteiger partial charge in [0, 0.05) is 6.04 Å². The van der Waals surface area contributed by atoms with E-state index in [-0.39, 0.29) is 17.9 Å². The Hall–Kier alpha value is -2.35. The Morgan fingerprint density at radius 1 is 1.14 bits per heavy atom. The molecule has 1 aromatic carbocycles. The van der Waals surface area contributed by atoms with Crippen molar-refractivity contribution in [1.82, 2.24) is 25.1 Å². The summed E-state index contributed by atoms with van der Waals surface area (Å²) in [5.41, 5.74) is 2.19. The topological polar surface area (TPSA) is 81.3 Å². The Balaban J connectivity index is 1.52. The molecule has 0 saturated carbocycles. The van der Waals surface area contributed by atoms with E-state index in [4.69, 9.17) is 23.2 Å². The van der Waals surface area contributed by atoms with E-state index in [0.29, 0.717) is 38.6 Å². The number of rotatable bonds is 2. The number of nitrogens with one attached hydrogen (secondary N) is 2. The zero-order valence-corrected chi connectivity index (χ0v) is 17.2. The predicted molar refractivity (Wildman–Crippen MR) is 112 cm³/mol. The first-order valence-corrected chi connectivity index (χ1v) is 10.3. The van der Waals surface area contributed by atoms with Crippen molar-refractivity contribution < 1.29 is 9.59 Å². The number of hydrogen-bond acceptors (Lipinski definition) is 5. The van der Waals surface area contributed by atoms with Gasteiger partial charge in [0.25, 0.3) is 11.8 Å². The van der Waals surface area contributed by atoms with Gasteiger partial charge in [-0.05, 0) is 57.4 Å². The highest BCUT2D eigenvalue weighted by atomic mass is 35.5. The molecule has 1 fully saturated rings. The maximum absolute atomic E-state index is 13.0. The second kappa shape index (κ2) is 6.86. The van der Waals surface area contributed by atoms with Crippen LogP contribution in [0.3, 0.4) is 0 Å². The third-order valence-corrected chi connectivity index (χ3v) is 6.48. The monoisotopic (exact) mass is 431 g/mol. The summed E-state index contributed by atoms with van der Waals surface area (Å²) in [6.07, 6.45) is 4.98. The molecule has 0 bridgehead atoms. The molecular weight excluding hydrogens is 413 g/mol. The summed E-state index contributed by atoms with van der Waals surface area (Å²) in [6, 6.07) is 3.34. The third kappa shape index (κ3) is 2.96. The number of amides is 2. The fourth-order valence-electron chi connectivity index (χ4n) is 4.21. The molecule has 2 N–H and O–H groups in total. The number of hydrogen-bond donors (Lipinski definition) is 2. The zero-order valence-electron chi connectivity index (χ0n) is 15.7. The number of imide groups is 1. The van der Waals surface area contributed by atoms with Gasteiger partial charge in [0.1, 0.15) is 11.3 Å². The molecule has 0 aliphatic carbocycles. The van der Waals surface area contributed by atoms with Crippen LogP contribution in [0.4, 0.5) is 0 Å². The Labute approximate surface area is 177 Å². The fourth-order valence-corrected chi connectivity index (χ4v) is 4.82. The van der Waals surface area contributed by atoms with E-state index in [0.717, 1.165) is 25.9 Å². The van der Waals surface area contributed by atoms with E-state index in [1.54, 1.807) is 24.4 Å². The SMILES string of the molecule is CN1CCC(N2C(=O)c3cc4nc(C5=C(Cl)C=CNC5Cl)[nH]c4cc3C2=O)CC1. The Kier molecular flexibility index (Phi) is 4.42. The molecule has 0 radical (unpaired) electrons. The number of aromatic amines is 1. The number of carbonyl (C=O) groups is 2. The maximum Gasteiger partial charge on any atom is 0.261 e. The first-order valence-electron chi connectivity index (χ1n) is 9.51. The van der Waals surface area contributed by atoms with Crippen molar-refractivity contribution >= 4 is 51.6 Å². The minimum Gasteiger partial charge on any atom is -0.371 e. The standard InChI is InChI=1S/C20H19Cl2N5O2/c1-26-6-3-10(4-7-26)27-19(28)11-8-14-15(9-12(11)20(27)29)25-18(24-14)16-13(21)2-5-23-17(16)22/h2,5,8-10,17,23H,3-4,6-7H2,1H3,(H,24,25). The van der Waals surface area contributed by atoms with Crippen LogP contribution in [-0.2, 0) is 0 Å². The summed E-state index contributed by atoms with van der Waals surface area (Å²) >= 11 is 12.6. The predicted octanol–water partition coefficient (Wildman–Crippen LogP) is 2.88. The first-order chi connectivity index (χ1) is 13.9. The van der Waals surface area contributed by atoms with Gasteiger partial charge in [-0.25, -0.2) is 4.98 Å². The summed E-state index contributed by atoms with van der Waals surface area (Å²) in [7, 11) is 2.05. The molecule has 2 amide bonds. The Morgan fingerprint density at radius 2 is 1.83 bits per heavy atom. The van der Waals surface area contributed by atoms with Crippen LogP contribution in [0.25, 0.3) is 16.6 Å². The highest BCUT2D eigenvalue weighted by Gasteiger charge is 2.41. The molecule has 1 aromatic heterocycles. The van der Waals surface area contributed by atoms with Crippen LogP contribution in [0.1, 0.15) is 39.4 Å². The van der Waals surface area contributed by atoms with E-state index in [2.05, 4.69) is 27.2 Å². The van der Waals surface area contributed by atoms with Crippen molar-refractivity contribution in [2.24, 2.45) is 0 Å². The maximum atomic E-state index is 13.0. The van der Waals surface area contributed by atoms with Gasteiger partial charge in [0.05, 0.1) is 32.8 Å². The Bertz CT molecular complexity index is 1040. The Morgan fingerprint density at radius 3 is 2.52 bits per heavy atom. The minimum absolute atomic E-state index is 0.0541. The average Bonchev–Trinajstić information content (AvgIpc) is 3.20. The summed E-state index contributed by atoms with van der Waals surface area (Å²) in [6.45, 7) is 1.75. The zero-order chi connectivity index (χ0) is 20.3. The molecule has 150 valence electrons. The molecule has 1 saturated heterocycles. The molecule has 1 atom stereocenters. The lowest BCUT2D eigenvalue weighted by Crippen LogP contribution is -2.46. The number of imidazole rings is 1. The molecule has 3 aliphatic rings. The van der Waals surface area contributed by atoms with E-state index in [1.807, 2.05) is 0 Å². The van der Waals surface area contributed by atoms with Gasteiger partial charge in [-0.2, -0.15) is 0 Å². The number of benzene rings is 1. The van der Waals surface area contributed by atoms with Crippen LogP contribution in [0.15, 0.2) is 29.4 Å². The molecule has 29 heavy (non-hydrogen) atoms. The highest BCUT2D eigenvalue weighted by Crippen LogP contribution is 2.33. The summed E-state index contributed by atoms with van der Waals surface area (Å²) < 4.78 is 0. The van der Waals surface area contributed by atoms with Crippen LogP contribution in [0.5, 0.6) is 0 Å². The average molecular weight is 432 g/mol. The van der Waals surface area contributed by atoms with Crippen molar-refractivity contribution in [3.8, 4) is 0 Å². The lowest BCUT2D eigenvalue weighted by atomic mass is 10.0. The number of dihydropyridines is 1. The largest absolute Gasteiger partial charge is 0.371 e. The number of likely N-dealkylation sites (tertiary alicyclic amines) is 1. The molecule has 2 aromatic rings. The van der Waals surface area contributed by atoms with Gasteiger partial charge in [0.2, 0.25) is 0 Å². The number of alkyl halides is 1. The van der Waals surface area contributed by atoms with Crippen LogP contribution in [0, 0.1) is 0 Å². The summed E-state index contributed by atoms with van der Waals surface area (Å²) in [4.78, 5) is 37.5. The number of fused-ring (bicyclic) bond motifs is 2. The van der Waals surface area contributed by atoms with Gasteiger partial charge < -0.3 is 15.2 Å². The van der Waals surface area contributed by atoms with Crippen molar-refractivity contribution in [3.63, 3.8) is 0 Å². The van der Waals surface area contributed by atoms with Crippen molar-refractivity contribution in [2.45, 2.75) is 24.4 Å². The third-order valence-electron chi connectivity index (χ3n) is 5.81. The molecule has 3 aliphatic heterocycles. The summed E-state index contributed by atoms with van der Waals surface area (Å²) in [5.74, 6) is 0.0469. The van der Waals surface area contributed by atoms with Gasteiger partial charge in [-0.15, -0.1) is 0 Å². The number of aromatic nitrogens is 2. The lowest BCUT2D eigenvalue weighted by molar-refractivity contribution is 0.0516. The van der Waals surface area contributed by atoms with Crippen LogP contribution in [0.2, 0.25) is 0 Å². The number of piperidine rings is 1. The van der Waals surface area contributed by atoms with Gasteiger partial charge >= 0.3 is 0 Å². The second-order valence-corrected chi connectivity index (χ2v) is 8.48. The van der Waals surface area contributed by atoms with Gasteiger partial charge in [0.15, 0.2) is 0 Å². The van der Waals surface area contributed by atoms with Crippen molar-refractivity contribution in [3.05, 3.63) is 46.4 Å². The normalized spacial score (nSPS) is 23.3. The van der Waals surface area contributed by atoms with E-state index < -0.39 is 5.50 Å². The van der Waals surface area contributed by atoms with Crippen LogP contribution >= 0.6 is 23.2 Å². The number of allylic oxidation sites excluding steroid dienone is 2. The molecule has 9 heteroatoms. The highest BCUT2D eigenvalue weighted by molar-refractivity contribution is 6.37. The van der Waals surface area contributed by atoms with E-state index >= 15 is 0 Å². The second-order valence-electron chi connectivity index (χ2n) is 7.64. The van der Waals surface area contributed by atoms with Gasteiger partial charge in [-0.3, -0.25) is 14.5 Å². The number of carbonyl (C=O) groups excluding carboxylic acids is 2. The number of halogens is 2. The van der Waals surface area contributed by atoms with E-state index in [1.165, 1.54) is 4.90 Å². The molecule has 7 nitrogen and oxygen atoms in total. The molecule has 5 rings (SSSR count). The van der Waals surface area contributed by atoms with Gasteiger partial charge in [-0.1, -0.05) is 23.2 Å². The molecule has 0 spiro atoms. The van der Waals surface area contributed by atoms with Crippen LogP contribution < -0.4 is 5.32 Å². The quantitative estimate of drug-likeness (QED) is 0.434. The first kappa shape index (κ1) is 18.7. The molecule has 1 unspecified atom stereocenters. The number of nitrogens with zero attached hydrogens (tertiary/aromatic N) is 3. The fraction of sp³-hybridized carbons (Fsp3) is 0.350. The summed E-state index contributed by atoms with van der Waals surface area (Å²) in [5, 5.41) is 3.46. The van der Waals surface area contributed by atoms with Crippen molar-refractivity contribution in [1.29, 1.82) is 0 Å². The lowest BCUT2D eigenvalue weighted by Gasteiger charge is -2.33. The molecular formula is C20H19Cl2N5O2. The van der Waals surface area contributed by atoms with Crippen LogP contribution in [-0.4, -0.2) is 63.3 Å². The van der Waals surface area contributed by atoms with E-state index in [9.17, 15) is 9.59 Å². The van der Waals surface area contributed by atoms with Crippen molar-refractivity contribution in [2.75, 3.05) is 20.1 Å². The number of H-pyrrole nitrogens is 1. The molecule has 4 heterocycles.